The Labute approximate surface area is 160 Å². The molecule has 1 atom stereocenters. The maximum Gasteiger partial charge on any atom is 0.0867 e. The number of aliphatic hydroxyl groups excluding tert-OH is 1. The largest absolute Gasteiger partial charge is 0.390 e. The SMILES string of the molecule is Cc1ccc(C(C)(C)C)cc1SC[C@H](O)COCc1ccc(Cl)cc1. The van der Waals surface area contributed by atoms with Crippen LogP contribution in [0.15, 0.2) is 47.4 Å². The zero-order valence-electron chi connectivity index (χ0n) is 15.4. The highest BCUT2D eigenvalue weighted by atomic mass is 35.5. The highest BCUT2D eigenvalue weighted by Crippen LogP contribution is 2.30. The normalized spacial score (nSPS) is 13.0. The van der Waals surface area contributed by atoms with Gasteiger partial charge in [0, 0.05) is 15.7 Å². The zero-order valence-corrected chi connectivity index (χ0v) is 17.0. The maximum atomic E-state index is 10.2. The summed E-state index contributed by atoms with van der Waals surface area (Å²) in [5.74, 6) is 0.620. The summed E-state index contributed by atoms with van der Waals surface area (Å²) in [6, 6.07) is 14.1. The van der Waals surface area contributed by atoms with Crippen molar-refractivity contribution in [1.29, 1.82) is 0 Å². The fraction of sp³-hybridized carbons (Fsp3) is 0.429. The molecule has 0 fully saturated rings. The fourth-order valence-electron chi connectivity index (χ4n) is 2.35. The Hall–Kier alpha value is -1.00. The molecule has 0 aliphatic rings. The highest BCUT2D eigenvalue weighted by molar-refractivity contribution is 7.99. The lowest BCUT2D eigenvalue weighted by atomic mass is 9.87. The molecule has 0 saturated carbocycles. The molecule has 0 spiro atoms. The van der Waals surface area contributed by atoms with Gasteiger partial charge in [0.05, 0.1) is 19.3 Å². The number of ether oxygens (including phenoxy) is 1. The second-order valence-electron chi connectivity index (χ2n) is 7.34. The van der Waals surface area contributed by atoms with Gasteiger partial charge in [0.25, 0.3) is 0 Å². The van der Waals surface area contributed by atoms with Crippen LogP contribution < -0.4 is 0 Å². The summed E-state index contributed by atoms with van der Waals surface area (Å²) in [4.78, 5) is 1.23. The lowest BCUT2D eigenvalue weighted by Gasteiger charge is -2.21. The Morgan fingerprint density at radius 3 is 2.44 bits per heavy atom. The molecule has 2 aromatic rings. The summed E-state index contributed by atoms with van der Waals surface area (Å²) >= 11 is 7.55. The van der Waals surface area contributed by atoms with Crippen molar-refractivity contribution in [3.8, 4) is 0 Å². The lowest BCUT2D eigenvalue weighted by Crippen LogP contribution is -2.18. The third kappa shape index (κ3) is 6.67. The van der Waals surface area contributed by atoms with Crippen LogP contribution in [0.4, 0.5) is 0 Å². The number of benzene rings is 2. The van der Waals surface area contributed by atoms with Crippen molar-refractivity contribution >= 4 is 23.4 Å². The molecule has 1 N–H and O–H groups in total. The number of aliphatic hydroxyl groups is 1. The molecular formula is C21H27ClO2S. The van der Waals surface area contributed by atoms with E-state index in [-0.39, 0.29) is 5.41 Å². The van der Waals surface area contributed by atoms with E-state index < -0.39 is 6.10 Å². The average molecular weight is 379 g/mol. The Morgan fingerprint density at radius 2 is 1.80 bits per heavy atom. The average Bonchev–Trinajstić information content (AvgIpc) is 2.55. The molecule has 0 bridgehead atoms. The van der Waals surface area contributed by atoms with Crippen molar-refractivity contribution in [2.24, 2.45) is 0 Å². The zero-order chi connectivity index (χ0) is 18.4. The molecule has 2 rings (SSSR count). The fourth-order valence-corrected chi connectivity index (χ4v) is 3.45. The molecular weight excluding hydrogens is 352 g/mol. The number of halogens is 1. The van der Waals surface area contributed by atoms with E-state index in [2.05, 4.69) is 45.9 Å². The van der Waals surface area contributed by atoms with E-state index in [4.69, 9.17) is 16.3 Å². The predicted molar refractivity (Wildman–Crippen MR) is 108 cm³/mol. The van der Waals surface area contributed by atoms with Gasteiger partial charge >= 0.3 is 0 Å². The maximum absolute atomic E-state index is 10.2. The third-order valence-corrected chi connectivity index (χ3v) is 5.53. The van der Waals surface area contributed by atoms with Crippen molar-refractivity contribution in [2.75, 3.05) is 12.4 Å². The van der Waals surface area contributed by atoms with E-state index in [1.165, 1.54) is 16.0 Å². The predicted octanol–water partition coefficient (Wildman–Crippen LogP) is 5.62. The van der Waals surface area contributed by atoms with Gasteiger partial charge in [0.1, 0.15) is 0 Å². The molecule has 4 heteroatoms. The number of hydrogen-bond acceptors (Lipinski definition) is 3. The summed E-state index contributed by atoms with van der Waals surface area (Å²) < 4.78 is 5.61. The Bertz CT molecular complexity index is 677. The van der Waals surface area contributed by atoms with Crippen LogP contribution in [0.1, 0.15) is 37.5 Å². The molecule has 0 amide bonds. The third-order valence-electron chi connectivity index (χ3n) is 3.98. The smallest absolute Gasteiger partial charge is 0.0867 e. The van der Waals surface area contributed by atoms with Crippen LogP contribution >= 0.6 is 23.4 Å². The lowest BCUT2D eigenvalue weighted by molar-refractivity contribution is 0.0398. The summed E-state index contributed by atoms with van der Waals surface area (Å²) in [5.41, 5.74) is 3.74. The van der Waals surface area contributed by atoms with Gasteiger partial charge in [-0.2, -0.15) is 0 Å². The van der Waals surface area contributed by atoms with Crippen LogP contribution in [0.2, 0.25) is 5.02 Å². The summed E-state index contributed by atoms with van der Waals surface area (Å²) in [5, 5.41) is 10.9. The van der Waals surface area contributed by atoms with E-state index in [1.54, 1.807) is 11.8 Å². The minimum Gasteiger partial charge on any atom is -0.390 e. The van der Waals surface area contributed by atoms with Crippen molar-refractivity contribution in [3.05, 3.63) is 64.2 Å². The molecule has 2 nitrogen and oxygen atoms in total. The molecule has 0 heterocycles. The van der Waals surface area contributed by atoms with Crippen LogP contribution in [-0.4, -0.2) is 23.6 Å². The molecule has 0 aliphatic heterocycles. The second-order valence-corrected chi connectivity index (χ2v) is 8.83. The van der Waals surface area contributed by atoms with E-state index in [9.17, 15) is 5.11 Å². The van der Waals surface area contributed by atoms with Gasteiger partial charge < -0.3 is 9.84 Å². The molecule has 136 valence electrons. The van der Waals surface area contributed by atoms with Crippen LogP contribution in [-0.2, 0) is 16.8 Å². The summed E-state index contributed by atoms with van der Waals surface area (Å²) in [6.45, 7) is 9.56. The van der Waals surface area contributed by atoms with Gasteiger partial charge in [0.2, 0.25) is 0 Å². The first-order valence-electron chi connectivity index (χ1n) is 8.50. The van der Waals surface area contributed by atoms with Gasteiger partial charge in [-0.05, 0) is 47.2 Å². The number of aryl methyl sites for hydroxylation is 1. The van der Waals surface area contributed by atoms with E-state index in [1.807, 2.05) is 24.3 Å². The first-order valence-corrected chi connectivity index (χ1v) is 9.86. The minimum absolute atomic E-state index is 0.128. The van der Waals surface area contributed by atoms with Crippen LogP contribution in [0.5, 0.6) is 0 Å². The van der Waals surface area contributed by atoms with Crippen molar-refractivity contribution in [2.45, 2.75) is 50.7 Å². The van der Waals surface area contributed by atoms with Gasteiger partial charge in [-0.15, -0.1) is 11.8 Å². The molecule has 0 saturated heterocycles. The summed E-state index contributed by atoms with van der Waals surface area (Å²) in [7, 11) is 0. The first kappa shape index (κ1) is 20.3. The Balaban J connectivity index is 1.81. The van der Waals surface area contributed by atoms with E-state index >= 15 is 0 Å². The van der Waals surface area contributed by atoms with Crippen LogP contribution in [0.3, 0.4) is 0 Å². The minimum atomic E-state index is -0.491. The van der Waals surface area contributed by atoms with Gasteiger partial charge in [-0.3, -0.25) is 0 Å². The van der Waals surface area contributed by atoms with Crippen molar-refractivity contribution in [1.82, 2.24) is 0 Å². The number of thioether (sulfide) groups is 1. The van der Waals surface area contributed by atoms with Crippen molar-refractivity contribution in [3.63, 3.8) is 0 Å². The van der Waals surface area contributed by atoms with E-state index in [0.717, 1.165) is 5.56 Å². The van der Waals surface area contributed by atoms with Gasteiger partial charge in [-0.1, -0.05) is 56.6 Å². The standard InChI is InChI=1S/C21H27ClO2S/c1-15-5-8-17(21(2,3)4)11-20(15)25-14-19(23)13-24-12-16-6-9-18(22)10-7-16/h5-11,19,23H,12-14H2,1-4H3/t19-/m1/s1. The van der Waals surface area contributed by atoms with Crippen LogP contribution in [0, 0.1) is 6.92 Å². The molecule has 25 heavy (non-hydrogen) atoms. The second kappa shape index (κ2) is 9.09. The summed E-state index contributed by atoms with van der Waals surface area (Å²) in [6.07, 6.45) is -0.491. The number of hydrogen-bond donors (Lipinski definition) is 1. The first-order chi connectivity index (χ1) is 11.8. The molecule has 2 aromatic carbocycles. The quantitative estimate of drug-likeness (QED) is 0.634. The topological polar surface area (TPSA) is 29.5 Å². The Morgan fingerprint density at radius 1 is 1.12 bits per heavy atom. The molecule has 0 aliphatic carbocycles. The van der Waals surface area contributed by atoms with E-state index in [0.29, 0.717) is 24.0 Å². The molecule has 0 aromatic heterocycles. The monoisotopic (exact) mass is 378 g/mol. The highest BCUT2D eigenvalue weighted by Gasteiger charge is 2.15. The van der Waals surface area contributed by atoms with Crippen molar-refractivity contribution < 1.29 is 9.84 Å². The number of rotatable bonds is 7. The molecule has 0 unspecified atom stereocenters. The van der Waals surface area contributed by atoms with Gasteiger partial charge in [-0.25, -0.2) is 0 Å². The Kier molecular flexibility index (Phi) is 7.38. The molecule has 0 radical (unpaired) electrons. The van der Waals surface area contributed by atoms with Gasteiger partial charge in [0.15, 0.2) is 0 Å². The van der Waals surface area contributed by atoms with Crippen LogP contribution in [0.25, 0.3) is 0 Å².